The van der Waals surface area contributed by atoms with Crippen LogP contribution in [0.2, 0.25) is 0 Å². The van der Waals surface area contributed by atoms with Crippen LogP contribution in [0.3, 0.4) is 0 Å². The number of aryl methyl sites for hydroxylation is 1. The lowest BCUT2D eigenvalue weighted by Gasteiger charge is -2.15. The number of hydrogen-bond acceptors (Lipinski definition) is 3. The summed E-state index contributed by atoms with van der Waals surface area (Å²) in [4.78, 5) is 4.14. The van der Waals surface area contributed by atoms with Crippen LogP contribution in [0.4, 0.5) is 0 Å². The fourth-order valence-corrected chi connectivity index (χ4v) is 2.53. The topological polar surface area (TPSA) is 48.1 Å². The first-order valence-corrected chi connectivity index (χ1v) is 7.42. The summed E-state index contributed by atoms with van der Waals surface area (Å²) >= 11 is 3.42. The Morgan fingerprint density at radius 3 is 2.85 bits per heavy atom. The van der Waals surface area contributed by atoms with Crippen molar-refractivity contribution in [3.63, 3.8) is 0 Å². The molecule has 0 radical (unpaired) electrons. The fourth-order valence-electron chi connectivity index (χ4n) is 2.12. The van der Waals surface area contributed by atoms with E-state index in [2.05, 4.69) is 40.0 Å². The van der Waals surface area contributed by atoms with E-state index in [1.54, 1.807) is 6.20 Å². The van der Waals surface area contributed by atoms with Gasteiger partial charge in [0.1, 0.15) is 12.4 Å². The summed E-state index contributed by atoms with van der Waals surface area (Å²) in [6.07, 6.45) is 4.39. The maximum atomic E-state index is 5.99. The molecule has 1 aromatic carbocycles. The van der Waals surface area contributed by atoms with Gasteiger partial charge in [-0.25, -0.2) is 0 Å². The van der Waals surface area contributed by atoms with Crippen LogP contribution in [0.5, 0.6) is 5.75 Å². The molecule has 1 aromatic heterocycles. The lowest BCUT2D eigenvalue weighted by atomic mass is 10.0. The summed E-state index contributed by atoms with van der Waals surface area (Å²) in [5.41, 5.74) is 9.22. The molecule has 20 heavy (non-hydrogen) atoms. The van der Waals surface area contributed by atoms with E-state index >= 15 is 0 Å². The van der Waals surface area contributed by atoms with E-state index in [0.717, 1.165) is 33.3 Å². The molecule has 0 spiro atoms. The molecule has 0 saturated heterocycles. The highest BCUT2D eigenvalue weighted by Gasteiger charge is 2.09. The highest BCUT2D eigenvalue weighted by Crippen LogP contribution is 2.25. The van der Waals surface area contributed by atoms with Gasteiger partial charge in [-0.2, -0.15) is 0 Å². The number of benzene rings is 1. The summed E-state index contributed by atoms with van der Waals surface area (Å²) < 4.78 is 6.95. The summed E-state index contributed by atoms with van der Waals surface area (Å²) in [6.45, 7) is 4.56. The highest BCUT2D eigenvalue weighted by atomic mass is 79.9. The van der Waals surface area contributed by atoms with Crippen LogP contribution in [0.25, 0.3) is 0 Å². The van der Waals surface area contributed by atoms with Gasteiger partial charge in [0.2, 0.25) is 0 Å². The maximum absolute atomic E-state index is 5.99. The minimum atomic E-state index is 0.117. The number of rotatable bonds is 5. The Labute approximate surface area is 128 Å². The number of ether oxygens (including phenoxy) is 1. The van der Waals surface area contributed by atoms with Crippen LogP contribution in [0.15, 0.2) is 41.1 Å². The van der Waals surface area contributed by atoms with Gasteiger partial charge in [0.15, 0.2) is 0 Å². The predicted molar refractivity (Wildman–Crippen MR) is 84.8 cm³/mol. The largest absolute Gasteiger partial charge is 0.488 e. The van der Waals surface area contributed by atoms with Gasteiger partial charge in [-0.15, -0.1) is 0 Å². The van der Waals surface area contributed by atoms with Crippen molar-refractivity contribution in [3.8, 4) is 5.75 Å². The van der Waals surface area contributed by atoms with Crippen molar-refractivity contribution >= 4 is 15.9 Å². The van der Waals surface area contributed by atoms with E-state index in [4.69, 9.17) is 10.5 Å². The highest BCUT2D eigenvalue weighted by molar-refractivity contribution is 9.10. The van der Waals surface area contributed by atoms with Gasteiger partial charge >= 0.3 is 0 Å². The minimum absolute atomic E-state index is 0.117. The molecule has 0 aliphatic rings. The van der Waals surface area contributed by atoms with E-state index in [1.165, 1.54) is 0 Å². The molecule has 0 aliphatic carbocycles. The Morgan fingerprint density at radius 1 is 1.35 bits per heavy atom. The van der Waals surface area contributed by atoms with Crippen molar-refractivity contribution in [1.82, 2.24) is 4.98 Å². The Kier molecular flexibility index (Phi) is 5.15. The molecule has 0 saturated carbocycles. The normalized spacial score (nSPS) is 12.2. The zero-order chi connectivity index (χ0) is 14.5. The van der Waals surface area contributed by atoms with Crippen molar-refractivity contribution in [1.29, 1.82) is 0 Å². The van der Waals surface area contributed by atoms with Gasteiger partial charge in [-0.05, 0) is 53.4 Å². The summed E-state index contributed by atoms with van der Waals surface area (Å²) in [5.74, 6) is 0.935. The Morgan fingerprint density at radius 2 is 2.15 bits per heavy atom. The van der Waals surface area contributed by atoms with Crippen molar-refractivity contribution in [3.05, 3.63) is 57.8 Å². The first kappa shape index (κ1) is 15.0. The van der Waals surface area contributed by atoms with E-state index in [1.807, 2.05) is 25.3 Å². The number of nitrogens with two attached hydrogens (primary N) is 1. The summed E-state index contributed by atoms with van der Waals surface area (Å²) in [5, 5.41) is 0. The van der Waals surface area contributed by atoms with Crippen molar-refractivity contribution in [2.45, 2.75) is 32.9 Å². The zero-order valence-electron chi connectivity index (χ0n) is 11.8. The average Bonchev–Trinajstić information content (AvgIpc) is 2.37. The monoisotopic (exact) mass is 334 g/mol. The number of para-hydroxylation sites is 1. The Balaban J connectivity index is 2.16. The van der Waals surface area contributed by atoms with Gasteiger partial charge in [-0.1, -0.05) is 18.2 Å². The van der Waals surface area contributed by atoms with Crippen LogP contribution >= 0.6 is 15.9 Å². The SMILES string of the molecule is Cc1cccc(CC(C)N)c1OCc1cncc(Br)c1. The lowest BCUT2D eigenvalue weighted by Crippen LogP contribution is -2.18. The first-order valence-electron chi connectivity index (χ1n) is 6.62. The van der Waals surface area contributed by atoms with E-state index < -0.39 is 0 Å². The third kappa shape index (κ3) is 4.05. The second kappa shape index (κ2) is 6.86. The number of hydrogen-bond donors (Lipinski definition) is 1. The van der Waals surface area contributed by atoms with E-state index in [-0.39, 0.29) is 6.04 Å². The number of nitrogens with zero attached hydrogens (tertiary/aromatic N) is 1. The molecule has 1 unspecified atom stereocenters. The summed E-state index contributed by atoms with van der Waals surface area (Å²) in [6, 6.07) is 8.30. The molecule has 0 fully saturated rings. The number of halogens is 1. The first-order chi connectivity index (χ1) is 9.56. The lowest BCUT2D eigenvalue weighted by molar-refractivity contribution is 0.299. The molecule has 2 rings (SSSR count). The quantitative estimate of drug-likeness (QED) is 0.908. The van der Waals surface area contributed by atoms with E-state index in [0.29, 0.717) is 6.61 Å². The molecule has 106 valence electrons. The second-order valence-electron chi connectivity index (χ2n) is 5.04. The van der Waals surface area contributed by atoms with E-state index in [9.17, 15) is 0 Å². The number of pyridine rings is 1. The standard InChI is InChI=1S/C16H19BrN2O/c1-11-4-3-5-14(6-12(2)18)16(11)20-10-13-7-15(17)9-19-8-13/h3-5,7-9,12H,6,10,18H2,1-2H3. The van der Waals surface area contributed by atoms with Gasteiger partial charge < -0.3 is 10.5 Å². The van der Waals surface area contributed by atoms with Gasteiger partial charge in [-0.3, -0.25) is 4.98 Å². The minimum Gasteiger partial charge on any atom is -0.488 e. The molecule has 0 amide bonds. The summed E-state index contributed by atoms with van der Waals surface area (Å²) in [7, 11) is 0. The van der Waals surface area contributed by atoms with Crippen LogP contribution in [0, 0.1) is 6.92 Å². The van der Waals surface area contributed by atoms with Crippen LogP contribution in [-0.4, -0.2) is 11.0 Å². The average molecular weight is 335 g/mol. The van der Waals surface area contributed by atoms with Crippen LogP contribution in [0.1, 0.15) is 23.6 Å². The molecule has 2 aromatic rings. The molecular formula is C16H19BrN2O. The third-order valence-electron chi connectivity index (χ3n) is 2.98. The van der Waals surface area contributed by atoms with Crippen molar-refractivity contribution in [2.24, 2.45) is 5.73 Å². The molecular weight excluding hydrogens is 316 g/mol. The van der Waals surface area contributed by atoms with Crippen molar-refractivity contribution in [2.75, 3.05) is 0 Å². The van der Waals surface area contributed by atoms with Gasteiger partial charge in [0.05, 0.1) is 0 Å². The predicted octanol–water partition coefficient (Wildman–Crippen LogP) is 3.62. The zero-order valence-corrected chi connectivity index (χ0v) is 13.4. The molecule has 0 bridgehead atoms. The Bertz CT molecular complexity index is 584. The van der Waals surface area contributed by atoms with Crippen molar-refractivity contribution < 1.29 is 4.74 Å². The molecule has 2 N–H and O–H groups in total. The third-order valence-corrected chi connectivity index (χ3v) is 3.41. The van der Waals surface area contributed by atoms with Crippen LogP contribution in [-0.2, 0) is 13.0 Å². The molecule has 3 nitrogen and oxygen atoms in total. The molecule has 0 aliphatic heterocycles. The van der Waals surface area contributed by atoms with Gasteiger partial charge in [0.25, 0.3) is 0 Å². The molecule has 4 heteroatoms. The molecule has 1 atom stereocenters. The number of aromatic nitrogens is 1. The van der Waals surface area contributed by atoms with Gasteiger partial charge in [0, 0.05) is 28.5 Å². The van der Waals surface area contributed by atoms with Crippen LogP contribution < -0.4 is 10.5 Å². The smallest absolute Gasteiger partial charge is 0.125 e. The Hall–Kier alpha value is -1.39. The second-order valence-corrected chi connectivity index (χ2v) is 5.96. The molecule has 1 heterocycles. The maximum Gasteiger partial charge on any atom is 0.125 e. The fraction of sp³-hybridized carbons (Fsp3) is 0.312.